The van der Waals surface area contributed by atoms with Gasteiger partial charge in [0.05, 0.1) is 13.2 Å². The summed E-state index contributed by atoms with van der Waals surface area (Å²) in [5, 5.41) is 9.73. The van der Waals surface area contributed by atoms with Crippen LogP contribution < -0.4 is 16.0 Å². The van der Waals surface area contributed by atoms with Crippen molar-refractivity contribution in [2.24, 2.45) is 4.99 Å². The van der Waals surface area contributed by atoms with Crippen LogP contribution in [0.4, 0.5) is 0 Å². The smallest absolute Gasteiger partial charge is 0.221 e. The Morgan fingerprint density at radius 3 is 2.52 bits per heavy atom. The van der Waals surface area contributed by atoms with Crippen LogP contribution in [0.25, 0.3) is 0 Å². The molecule has 0 bridgehead atoms. The lowest BCUT2D eigenvalue weighted by Crippen LogP contribution is -2.56. The molecule has 7 nitrogen and oxygen atoms in total. The molecule has 0 spiro atoms. The molecule has 0 unspecified atom stereocenters. The summed E-state index contributed by atoms with van der Waals surface area (Å²) in [6, 6.07) is 0.388. The van der Waals surface area contributed by atoms with Crippen molar-refractivity contribution in [3.05, 3.63) is 0 Å². The number of guanidine groups is 1. The number of rotatable bonds is 7. The average molecular weight is 354 g/mol. The summed E-state index contributed by atoms with van der Waals surface area (Å²) in [6.45, 7) is 9.36. The summed E-state index contributed by atoms with van der Waals surface area (Å²) in [6.07, 6.45) is 5.19. The molecule has 144 valence electrons. The molecular weight excluding hydrogens is 318 g/mol. The van der Waals surface area contributed by atoms with Crippen LogP contribution in [0.2, 0.25) is 0 Å². The van der Waals surface area contributed by atoms with Gasteiger partial charge in [-0.2, -0.15) is 0 Å². The molecule has 1 aliphatic heterocycles. The molecule has 0 atom stereocenters. The zero-order valence-corrected chi connectivity index (χ0v) is 16.1. The van der Waals surface area contributed by atoms with Gasteiger partial charge in [-0.1, -0.05) is 12.8 Å². The Morgan fingerprint density at radius 2 is 1.88 bits per heavy atom. The van der Waals surface area contributed by atoms with Crippen molar-refractivity contribution in [2.45, 2.75) is 57.5 Å². The first-order chi connectivity index (χ1) is 12.0. The minimum Gasteiger partial charge on any atom is -0.379 e. The molecule has 1 saturated heterocycles. The van der Waals surface area contributed by atoms with Crippen LogP contribution in [0.15, 0.2) is 4.99 Å². The molecular formula is C18H35N5O2. The highest BCUT2D eigenvalue weighted by Crippen LogP contribution is 2.17. The van der Waals surface area contributed by atoms with Crippen LogP contribution in [0, 0.1) is 0 Å². The second-order valence-electron chi connectivity index (χ2n) is 7.56. The van der Waals surface area contributed by atoms with Crippen molar-refractivity contribution in [1.29, 1.82) is 0 Å². The van der Waals surface area contributed by atoms with Crippen LogP contribution in [-0.2, 0) is 9.53 Å². The number of carbonyl (C=O) groups excluding carboxylic acids is 1. The molecule has 0 aromatic heterocycles. The summed E-state index contributed by atoms with van der Waals surface area (Å²) < 4.78 is 5.43. The van der Waals surface area contributed by atoms with E-state index in [9.17, 15) is 4.79 Å². The maximum absolute atomic E-state index is 12.0. The lowest BCUT2D eigenvalue weighted by atomic mass is 10.0. The van der Waals surface area contributed by atoms with E-state index in [0.29, 0.717) is 19.0 Å². The Bertz CT molecular complexity index is 441. The maximum Gasteiger partial charge on any atom is 0.221 e. The van der Waals surface area contributed by atoms with Crippen LogP contribution in [-0.4, -0.2) is 74.8 Å². The lowest BCUT2D eigenvalue weighted by Gasteiger charge is -2.41. The highest BCUT2D eigenvalue weighted by molar-refractivity contribution is 5.81. The van der Waals surface area contributed by atoms with Crippen molar-refractivity contribution in [2.75, 3.05) is 46.4 Å². The Balaban J connectivity index is 1.65. The Labute approximate surface area is 152 Å². The van der Waals surface area contributed by atoms with Gasteiger partial charge in [-0.25, -0.2) is 0 Å². The van der Waals surface area contributed by atoms with Crippen LogP contribution in [0.3, 0.4) is 0 Å². The minimum absolute atomic E-state index is 0.0290. The van der Waals surface area contributed by atoms with Crippen LogP contribution >= 0.6 is 0 Å². The number of amides is 1. The zero-order chi connectivity index (χ0) is 18.1. The van der Waals surface area contributed by atoms with Gasteiger partial charge in [-0.3, -0.25) is 14.7 Å². The monoisotopic (exact) mass is 353 g/mol. The number of carbonyl (C=O) groups is 1. The molecule has 1 heterocycles. The highest BCUT2D eigenvalue weighted by atomic mass is 16.5. The fourth-order valence-electron chi connectivity index (χ4n) is 3.47. The normalized spacial score (nSPS) is 20.5. The van der Waals surface area contributed by atoms with Gasteiger partial charge < -0.3 is 20.7 Å². The highest BCUT2D eigenvalue weighted by Gasteiger charge is 2.28. The van der Waals surface area contributed by atoms with Gasteiger partial charge in [0, 0.05) is 51.2 Å². The molecule has 0 aromatic carbocycles. The molecule has 0 radical (unpaired) electrons. The third-order valence-corrected chi connectivity index (χ3v) is 5.14. The van der Waals surface area contributed by atoms with Crippen molar-refractivity contribution >= 4 is 11.9 Å². The van der Waals surface area contributed by atoms with E-state index in [-0.39, 0.29) is 11.4 Å². The third kappa shape index (κ3) is 6.82. The van der Waals surface area contributed by atoms with Crippen LogP contribution in [0.1, 0.15) is 46.0 Å². The molecule has 1 saturated carbocycles. The predicted molar refractivity (Wildman–Crippen MR) is 101 cm³/mol. The quantitative estimate of drug-likeness (QED) is 0.464. The van der Waals surface area contributed by atoms with Crippen molar-refractivity contribution in [3.8, 4) is 0 Å². The zero-order valence-electron chi connectivity index (χ0n) is 16.1. The van der Waals surface area contributed by atoms with E-state index in [4.69, 9.17) is 4.74 Å². The first-order valence-corrected chi connectivity index (χ1v) is 9.58. The van der Waals surface area contributed by atoms with Gasteiger partial charge in [-0.05, 0) is 26.7 Å². The summed E-state index contributed by atoms with van der Waals surface area (Å²) in [5.74, 6) is 0.874. The van der Waals surface area contributed by atoms with Crippen molar-refractivity contribution < 1.29 is 9.53 Å². The molecule has 2 rings (SSSR count). The first-order valence-electron chi connectivity index (χ1n) is 9.58. The maximum atomic E-state index is 12.0. The van der Waals surface area contributed by atoms with E-state index < -0.39 is 0 Å². The molecule has 0 aromatic rings. The van der Waals surface area contributed by atoms with Gasteiger partial charge in [0.2, 0.25) is 5.91 Å². The molecule has 2 aliphatic rings. The number of morpholine rings is 1. The summed E-state index contributed by atoms with van der Waals surface area (Å²) in [4.78, 5) is 18.7. The summed E-state index contributed by atoms with van der Waals surface area (Å²) in [5.41, 5.74) is 0.0290. The summed E-state index contributed by atoms with van der Waals surface area (Å²) >= 11 is 0. The molecule has 3 N–H and O–H groups in total. The average Bonchev–Trinajstić information content (AvgIpc) is 3.11. The molecule has 25 heavy (non-hydrogen) atoms. The minimum atomic E-state index is 0.0290. The number of nitrogens with one attached hydrogen (secondary N) is 3. The predicted octanol–water partition coefficient (Wildman–Crippen LogP) is 0.711. The van der Waals surface area contributed by atoms with Gasteiger partial charge in [0.25, 0.3) is 0 Å². The molecule has 1 amide bonds. The fourth-order valence-corrected chi connectivity index (χ4v) is 3.47. The Kier molecular flexibility index (Phi) is 7.96. The van der Waals surface area contributed by atoms with Gasteiger partial charge >= 0.3 is 0 Å². The Hall–Kier alpha value is -1.34. The topological polar surface area (TPSA) is 78.0 Å². The summed E-state index contributed by atoms with van der Waals surface area (Å²) in [7, 11) is 1.76. The molecule has 1 aliphatic carbocycles. The number of hydrogen-bond acceptors (Lipinski definition) is 4. The molecule has 2 fully saturated rings. The standard InChI is InChI=1S/C18H35N5O2/c1-18(2,23-10-12-25-13-11-23)14-21-17(19-3)20-9-8-16(24)22-15-6-4-5-7-15/h15H,4-14H2,1-3H3,(H,22,24)(H2,19,20,21). The van der Waals surface area contributed by atoms with Crippen molar-refractivity contribution in [1.82, 2.24) is 20.9 Å². The van der Waals surface area contributed by atoms with E-state index >= 15 is 0 Å². The molecule has 7 heteroatoms. The van der Waals surface area contributed by atoms with Gasteiger partial charge in [0.15, 0.2) is 5.96 Å². The van der Waals surface area contributed by atoms with E-state index in [1.165, 1.54) is 12.8 Å². The largest absolute Gasteiger partial charge is 0.379 e. The first kappa shape index (κ1) is 20.0. The number of nitrogens with zero attached hydrogens (tertiary/aromatic N) is 2. The second-order valence-corrected chi connectivity index (χ2v) is 7.56. The van der Waals surface area contributed by atoms with Crippen LogP contribution in [0.5, 0.6) is 0 Å². The van der Waals surface area contributed by atoms with Gasteiger partial charge in [0.1, 0.15) is 0 Å². The van der Waals surface area contributed by atoms with E-state index in [1.54, 1.807) is 7.05 Å². The number of hydrogen-bond donors (Lipinski definition) is 3. The number of ether oxygens (including phenoxy) is 1. The van der Waals surface area contributed by atoms with E-state index in [0.717, 1.165) is 51.6 Å². The second kappa shape index (κ2) is 9.97. The SMILES string of the molecule is CN=C(NCCC(=O)NC1CCCC1)NCC(C)(C)N1CCOCC1. The third-order valence-electron chi connectivity index (χ3n) is 5.14. The van der Waals surface area contributed by atoms with E-state index in [1.807, 2.05) is 0 Å². The van der Waals surface area contributed by atoms with Gasteiger partial charge in [-0.15, -0.1) is 0 Å². The number of aliphatic imine (C=N–C) groups is 1. The Morgan fingerprint density at radius 1 is 1.20 bits per heavy atom. The van der Waals surface area contributed by atoms with E-state index in [2.05, 4.69) is 39.7 Å². The lowest BCUT2D eigenvalue weighted by molar-refractivity contribution is -0.121. The van der Waals surface area contributed by atoms with Crippen molar-refractivity contribution in [3.63, 3.8) is 0 Å². The fraction of sp³-hybridized carbons (Fsp3) is 0.889.